The van der Waals surface area contributed by atoms with Crippen molar-refractivity contribution in [3.8, 4) is 11.5 Å². The van der Waals surface area contributed by atoms with Gasteiger partial charge in [0.25, 0.3) is 0 Å². The van der Waals surface area contributed by atoms with Gasteiger partial charge in [-0.05, 0) is 46.3 Å². The smallest absolute Gasteiger partial charge is 0.173 e. The Morgan fingerprint density at radius 2 is 1.84 bits per heavy atom. The van der Waals surface area contributed by atoms with E-state index >= 15 is 0 Å². The van der Waals surface area contributed by atoms with Crippen LogP contribution in [0.25, 0.3) is 0 Å². The average molecular weight is 386 g/mol. The molecule has 2 aromatic rings. The molecular weight excluding hydrogens is 376 g/mol. The molecule has 2 aromatic carbocycles. The van der Waals surface area contributed by atoms with Crippen molar-refractivity contribution in [3.05, 3.63) is 57.0 Å². The number of rotatable bonds is 3. The Morgan fingerprint density at radius 1 is 1.11 bits per heavy atom. The Bertz CT molecular complexity index is 630. The van der Waals surface area contributed by atoms with Gasteiger partial charge in [-0.3, -0.25) is 0 Å². The van der Waals surface area contributed by atoms with Crippen LogP contribution >= 0.6 is 31.9 Å². The SMILES string of the molecule is N/C(=N/O)c1cc(Br)ccc1Oc1ccccc1Br. The predicted molar refractivity (Wildman–Crippen MR) is 80.9 cm³/mol. The quantitative estimate of drug-likeness (QED) is 0.361. The highest BCUT2D eigenvalue weighted by Crippen LogP contribution is 2.32. The van der Waals surface area contributed by atoms with Crippen molar-refractivity contribution in [2.24, 2.45) is 10.9 Å². The highest BCUT2D eigenvalue weighted by atomic mass is 79.9. The number of oxime groups is 1. The summed E-state index contributed by atoms with van der Waals surface area (Å²) in [5.41, 5.74) is 6.15. The number of ether oxygens (including phenoxy) is 1. The molecule has 19 heavy (non-hydrogen) atoms. The van der Waals surface area contributed by atoms with Crippen LogP contribution in [0.15, 0.2) is 56.6 Å². The molecule has 0 aliphatic heterocycles. The molecule has 0 fully saturated rings. The minimum atomic E-state index is -0.0108. The maximum absolute atomic E-state index is 8.81. The van der Waals surface area contributed by atoms with Gasteiger partial charge in [-0.15, -0.1) is 0 Å². The molecule has 98 valence electrons. The largest absolute Gasteiger partial charge is 0.455 e. The monoisotopic (exact) mass is 384 g/mol. The molecule has 4 nitrogen and oxygen atoms in total. The molecule has 0 atom stereocenters. The van der Waals surface area contributed by atoms with Gasteiger partial charge in [0.2, 0.25) is 0 Å². The Labute approximate surface area is 127 Å². The minimum absolute atomic E-state index is 0.0108. The van der Waals surface area contributed by atoms with Crippen LogP contribution < -0.4 is 10.5 Å². The second-order valence-corrected chi connectivity index (χ2v) is 5.43. The van der Waals surface area contributed by atoms with Gasteiger partial charge in [-0.25, -0.2) is 0 Å². The van der Waals surface area contributed by atoms with E-state index in [1.54, 1.807) is 12.1 Å². The molecule has 0 aliphatic rings. The highest BCUT2D eigenvalue weighted by Gasteiger charge is 2.11. The normalized spacial score (nSPS) is 11.4. The highest BCUT2D eigenvalue weighted by molar-refractivity contribution is 9.10. The van der Waals surface area contributed by atoms with Crippen molar-refractivity contribution >= 4 is 37.7 Å². The summed E-state index contributed by atoms with van der Waals surface area (Å²) >= 11 is 6.74. The van der Waals surface area contributed by atoms with Gasteiger partial charge in [0.1, 0.15) is 11.5 Å². The maximum atomic E-state index is 8.81. The number of nitrogens with zero attached hydrogens (tertiary/aromatic N) is 1. The molecule has 0 saturated heterocycles. The summed E-state index contributed by atoms with van der Waals surface area (Å²) in [7, 11) is 0. The van der Waals surface area contributed by atoms with Crippen LogP contribution in [0.5, 0.6) is 11.5 Å². The summed E-state index contributed by atoms with van der Waals surface area (Å²) in [5.74, 6) is 1.14. The molecule has 0 heterocycles. The fourth-order valence-electron chi connectivity index (χ4n) is 1.49. The molecular formula is C13H10Br2N2O2. The van der Waals surface area contributed by atoms with Crippen LogP contribution in [-0.2, 0) is 0 Å². The van der Waals surface area contributed by atoms with Gasteiger partial charge >= 0.3 is 0 Å². The number of amidine groups is 1. The van der Waals surface area contributed by atoms with E-state index < -0.39 is 0 Å². The van der Waals surface area contributed by atoms with E-state index in [0.717, 1.165) is 8.95 Å². The van der Waals surface area contributed by atoms with Gasteiger partial charge in [-0.2, -0.15) is 0 Å². The Morgan fingerprint density at radius 3 is 2.53 bits per heavy atom. The third-order valence-corrected chi connectivity index (χ3v) is 3.53. The van der Waals surface area contributed by atoms with Crippen molar-refractivity contribution in [2.45, 2.75) is 0 Å². The van der Waals surface area contributed by atoms with Crippen LogP contribution in [0.1, 0.15) is 5.56 Å². The summed E-state index contributed by atoms with van der Waals surface area (Å²) in [6, 6.07) is 12.7. The van der Waals surface area contributed by atoms with Crippen LogP contribution in [0.3, 0.4) is 0 Å². The first-order chi connectivity index (χ1) is 9.11. The first-order valence-corrected chi connectivity index (χ1v) is 6.90. The molecule has 0 amide bonds. The van der Waals surface area contributed by atoms with Gasteiger partial charge < -0.3 is 15.7 Å². The van der Waals surface area contributed by atoms with E-state index in [1.807, 2.05) is 30.3 Å². The summed E-state index contributed by atoms with van der Waals surface area (Å²) < 4.78 is 7.41. The van der Waals surface area contributed by atoms with Crippen molar-refractivity contribution in [1.29, 1.82) is 0 Å². The number of hydrogen-bond donors (Lipinski definition) is 2. The lowest BCUT2D eigenvalue weighted by Gasteiger charge is -2.11. The van der Waals surface area contributed by atoms with Crippen LogP contribution in [0, 0.1) is 0 Å². The van der Waals surface area contributed by atoms with Crippen molar-refractivity contribution in [1.82, 2.24) is 0 Å². The molecule has 0 bridgehead atoms. The molecule has 6 heteroatoms. The number of hydrogen-bond acceptors (Lipinski definition) is 3. The van der Waals surface area contributed by atoms with Gasteiger partial charge in [0, 0.05) is 4.47 Å². The second-order valence-electron chi connectivity index (χ2n) is 3.66. The molecule has 0 aliphatic carbocycles. The van der Waals surface area contributed by atoms with Crippen LogP contribution in [-0.4, -0.2) is 11.0 Å². The van der Waals surface area contributed by atoms with Gasteiger partial charge in [-0.1, -0.05) is 33.2 Å². The van der Waals surface area contributed by atoms with E-state index in [2.05, 4.69) is 37.0 Å². The second kappa shape index (κ2) is 6.08. The van der Waals surface area contributed by atoms with Crippen LogP contribution in [0.4, 0.5) is 0 Å². The third-order valence-electron chi connectivity index (χ3n) is 2.38. The van der Waals surface area contributed by atoms with Gasteiger partial charge in [0.05, 0.1) is 10.0 Å². The van der Waals surface area contributed by atoms with E-state index in [-0.39, 0.29) is 5.84 Å². The zero-order valence-corrected chi connectivity index (χ0v) is 12.8. The zero-order chi connectivity index (χ0) is 13.8. The zero-order valence-electron chi connectivity index (χ0n) is 9.68. The molecule has 2 rings (SSSR count). The predicted octanol–water partition coefficient (Wildman–Crippen LogP) is 4.10. The molecule has 3 N–H and O–H groups in total. The lowest BCUT2D eigenvalue weighted by atomic mass is 10.2. The van der Waals surface area contributed by atoms with Crippen molar-refractivity contribution < 1.29 is 9.94 Å². The van der Waals surface area contributed by atoms with E-state index in [4.69, 9.17) is 15.7 Å². The lowest BCUT2D eigenvalue weighted by molar-refractivity contribution is 0.318. The Kier molecular flexibility index (Phi) is 4.44. The fourth-order valence-corrected chi connectivity index (χ4v) is 2.22. The third kappa shape index (κ3) is 3.27. The topological polar surface area (TPSA) is 67.8 Å². The number of halogens is 2. The Balaban J connectivity index is 2.43. The molecule has 0 aromatic heterocycles. The first kappa shape index (κ1) is 13.9. The van der Waals surface area contributed by atoms with Crippen molar-refractivity contribution in [3.63, 3.8) is 0 Å². The molecule has 0 radical (unpaired) electrons. The number of benzene rings is 2. The summed E-state index contributed by atoms with van der Waals surface area (Å²) in [4.78, 5) is 0. The summed E-state index contributed by atoms with van der Waals surface area (Å²) in [6.45, 7) is 0. The van der Waals surface area contributed by atoms with Crippen molar-refractivity contribution in [2.75, 3.05) is 0 Å². The molecule has 0 unspecified atom stereocenters. The Hall–Kier alpha value is -1.53. The van der Waals surface area contributed by atoms with Crippen LogP contribution in [0.2, 0.25) is 0 Å². The average Bonchev–Trinajstić information content (AvgIpc) is 2.42. The maximum Gasteiger partial charge on any atom is 0.173 e. The summed E-state index contributed by atoms with van der Waals surface area (Å²) in [5, 5.41) is 11.8. The lowest BCUT2D eigenvalue weighted by Crippen LogP contribution is -2.14. The standard InChI is InChI=1S/C13H10Br2N2O2/c14-8-5-6-11(9(7-8)13(16)17-18)19-12-4-2-1-3-10(12)15/h1-7,18H,(H2,16,17). The number of nitrogens with two attached hydrogens (primary N) is 1. The van der Waals surface area contributed by atoms with E-state index in [0.29, 0.717) is 17.1 Å². The first-order valence-electron chi connectivity index (χ1n) is 5.31. The summed E-state index contributed by atoms with van der Waals surface area (Å²) in [6.07, 6.45) is 0. The van der Waals surface area contributed by atoms with Gasteiger partial charge in [0.15, 0.2) is 5.84 Å². The van der Waals surface area contributed by atoms with E-state index in [9.17, 15) is 0 Å². The fraction of sp³-hybridized carbons (Fsp3) is 0. The molecule has 0 saturated carbocycles. The minimum Gasteiger partial charge on any atom is -0.455 e. The molecule has 0 spiro atoms. The van der Waals surface area contributed by atoms with E-state index in [1.165, 1.54) is 0 Å². The number of para-hydroxylation sites is 1.